The van der Waals surface area contributed by atoms with E-state index in [4.69, 9.17) is 4.74 Å². The van der Waals surface area contributed by atoms with Gasteiger partial charge in [-0.05, 0) is 26.8 Å². The monoisotopic (exact) mass is 255 g/mol. The molecular weight excluding hydrogens is 230 g/mol. The zero-order chi connectivity index (χ0) is 13.0. The van der Waals surface area contributed by atoms with Gasteiger partial charge in [0.1, 0.15) is 0 Å². The summed E-state index contributed by atoms with van der Waals surface area (Å²) in [7, 11) is 2.10. The van der Waals surface area contributed by atoms with Crippen molar-refractivity contribution in [1.29, 1.82) is 0 Å². The number of ether oxygens (including phenoxy) is 1. The molecule has 2 aliphatic rings. The van der Waals surface area contributed by atoms with Gasteiger partial charge in [0.25, 0.3) is 0 Å². The minimum Gasteiger partial charge on any atom is -0.378 e. The lowest BCUT2D eigenvalue weighted by Crippen LogP contribution is -2.51. The lowest BCUT2D eigenvalue weighted by Gasteiger charge is -2.33. The molecule has 0 saturated carbocycles. The Bertz CT molecular complexity index is 277. The summed E-state index contributed by atoms with van der Waals surface area (Å²) >= 11 is 0. The predicted octanol–water partition coefficient (Wildman–Crippen LogP) is -0.0825. The van der Waals surface area contributed by atoms with E-state index in [0.29, 0.717) is 18.7 Å². The Hall–Kier alpha value is -0.650. The standard InChI is InChI=1S/C13H25N3O2/c1-11-9-12(3-8-18-11)14-10-13(17)16-6-4-15(2)5-7-16/h11-12,14H,3-10H2,1-2H3. The molecular formula is C13H25N3O2. The molecule has 0 spiro atoms. The van der Waals surface area contributed by atoms with E-state index in [1.807, 2.05) is 4.90 Å². The minimum absolute atomic E-state index is 0.238. The highest BCUT2D eigenvalue weighted by Crippen LogP contribution is 2.12. The van der Waals surface area contributed by atoms with Crippen molar-refractivity contribution < 1.29 is 9.53 Å². The molecule has 2 heterocycles. The number of carbonyl (C=O) groups excluding carboxylic acids is 1. The smallest absolute Gasteiger partial charge is 0.236 e. The van der Waals surface area contributed by atoms with Crippen molar-refractivity contribution in [1.82, 2.24) is 15.1 Å². The van der Waals surface area contributed by atoms with Crippen molar-refractivity contribution >= 4 is 5.91 Å². The summed E-state index contributed by atoms with van der Waals surface area (Å²) in [5.41, 5.74) is 0. The lowest BCUT2D eigenvalue weighted by atomic mass is 10.0. The van der Waals surface area contributed by atoms with Gasteiger partial charge in [0.2, 0.25) is 5.91 Å². The summed E-state index contributed by atoms with van der Waals surface area (Å²) in [5, 5.41) is 3.38. The lowest BCUT2D eigenvalue weighted by molar-refractivity contribution is -0.132. The minimum atomic E-state index is 0.238. The molecule has 0 bridgehead atoms. The number of nitrogens with one attached hydrogen (secondary N) is 1. The summed E-state index contributed by atoms with van der Waals surface area (Å²) in [6, 6.07) is 0.435. The molecule has 0 aromatic rings. The second kappa shape index (κ2) is 6.50. The fourth-order valence-corrected chi connectivity index (χ4v) is 2.58. The van der Waals surface area contributed by atoms with Gasteiger partial charge >= 0.3 is 0 Å². The summed E-state index contributed by atoms with van der Waals surface area (Å²) in [5.74, 6) is 0.238. The van der Waals surface area contributed by atoms with Crippen LogP contribution in [0.4, 0.5) is 0 Å². The van der Waals surface area contributed by atoms with E-state index in [-0.39, 0.29) is 5.91 Å². The molecule has 0 radical (unpaired) electrons. The van der Waals surface area contributed by atoms with Gasteiger partial charge in [0.05, 0.1) is 12.6 Å². The zero-order valence-corrected chi connectivity index (χ0v) is 11.5. The molecule has 2 aliphatic heterocycles. The third-order valence-corrected chi connectivity index (χ3v) is 3.88. The number of likely N-dealkylation sites (N-methyl/N-ethyl adjacent to an activating group) is 1. The van der Waals surface area contributed by atoms with E-state index >= 15 is 0 Å². The van der Waals surface area contributed by atoms with Crippen LogP contribution < -0.4 is 5.32 Å². The molecule has 0 aliphatic carbocycles. The second-order valence-electron chi connectivity index (χ2n) is 5.47. The highest BCUT2D eigenvalue weighted by atomic mass is 16.5. The topological polar surface area (TPSA) is 44.8 Å². The average Bonchev–Trinajstić information content (AvgIpc) is 2.37. The first kappa shape index (κ1) is 13.8. The van der Waals surface area contributed by atoms with Crippen molar-refractivity contribution in [3.8, 4) is 0 Å². The summed E-state index contributed by atoms with van der Waals surface area (Å²) in [6.07, 6.45) is 2.34. The number of carbonyl (C=O) groups is 1. The molecule has 0 aromatic heterocycles. The quantitative estimate of drug-likeness (QED) is 0.766. The largest absolute Gasteiger partial charge is 0.378 e. The van der Waals surface area contributed by atoms with Crippen molar-refractivity contribution in [2.75, 3.05) is 46.4 Å². The Labute approximate surface area is 109 Å². The average molecular weight is 255 g/mol. The Morgan fingerprint density at radius 1 is 1.33 bits per heavy atom. The van der Waals surface area contributed by atoms with E-state index in [0.717, 1.165) is 45.6 Å². The Kier molecular flexibility index (Phi) is 4.97. The molecule has 5 nitrogen and oxygen atoms in total. The maximum absolute atomic E-state index is 12.0. The highest BCUT2D eigenvalue weighted by molar-refractivity contribution is 5.78. The van der Waals surface area contributed by atoms with Gasteiger partial charge in [-0.15, -0.1) is 0 Å². The van der Waals surface area contributed by atoms with Crippen LogP contribution in [0, 0.1) is 0 Å². The fraction of sp³-hybridized carbons (Fsp3) is 0.923. The normalized spacial score (nSPS) is 30.4. The van der Waals surface area contributed by atoms with Gasteiger partial charge in [-0.3, -0.25) is 4.79 Å². The van der Waals surface area contributed by atoms with E-state index in [9.17, 15) is 4.79 Å². The van der Waals surface area contributed by atoms with E-state index in [2.05, 4.69) is 24.2 Å². The molecule has 18 heavy (non-hydrogen) atoms. The maximum Gasteiger partial charge on any atom is 0.236 e. The Morgan fingerprint density at radius 2 is 2.06 bits per heavy atom. The van der Waals surface area contributed by atoms with Crippen molar-refractivity contribution in [2.45, 2.75) is 31.9 Å². The second-order valence-corrected chi connectivity index (χ2v) is 5.47. The number of nitrogens with zero attached hydrogens (tertiary/aromatic N) is 2. The molecule has 1 amide bonds. The predicted molar refractivity (Wildman–Crippen MR) is 70.5 cm³/mol. The van der Waals surface area contributed by atoms with Crippen molar-refractivity contribution in [2.24, 2.45) is 0 Å². The first-order chi connectivity index (χ1) is 8.65. The van der Waals surface area contributed by atoms with Crippen LogP contribution in [0.3, 0.4) is 0 Å². The molecule has 2 fully saturated rings. The first-order valence-corrected chi connectivity index (χ1v) is 6.96. The Morgan fingerprint density at radius 3 is 2.72 bits per heavy atom. The van der Waals surface area contributed by atoms with Crippen molar-refractivity contribution in [3.05, 3.63) is 0 Å². The summed E-state index contributed by atoms with van der Waals surface area (Å²) in [6.45, 7) is 7.07. The molecule has 2 unspecified atom stereocenters. The van der Waals surface area contributed by atoms with Crippen LogP contribution in [0.1, 0.15) is 19.8 Å². The highest BCUT2D eigenvalue weighted by Gasteiger charge is 2.22. The zero-order valence-electron chi connectivity index (χ0n) is 11.5. The molecule has 0 aromatic carbocycles. The van der Waals surface area contributed by atoms with Crippen LogP contribution in [0.2, 0.25) is 0 Å². The van der Waals surface area contributed by atoms with Crippen LogP contribution in [0.15, 0.2) is 0 Å². The van der Waals surface area contributed by atoms with Gasteiger partial charge in [-0.25, -0.2) is 0 Å². The molecule has 2 atom stereocenters. The van der Waals surface area contributed by atoms with Gasteiger partial charge < -0.3 is 19.9 Å². The maximum atomic E-state index is 12.0. The fourth-order valence-electron chi connectivity index (χ4n) is 2.58. The van der Waals surface area contributed by atoms with Crippen LogP contribution >= 0.6 is 0 Å². The summed E-state index contributed by atoms with van der Waals surface area (Å²) < 4.78 is 5.50. The molecule has 5 heteroatoms. The van der Waals surface area contributed by atoms with E-state index in [1.165, 1.54) is 0 Å². The van der Waals surface area contributed by atoms with Gasteiger partial charge in [-0.1, -0.05) is 0 Å². The van der Waals surface area contributed by atoms with Gasteiger partial charge in [-0.2, -0.15) is 0 Å². The van der Waals surface area contributed by atoms with Gasteiger partial charge in [0, 0.05) is 38.8 Å². The number of hydrogen-bond donors (Lipinski definition) is 1. The van der Waals surface area contributed by atoms with Crippen LogP contribution in [0.25, 0.3) is 0 Å². The molecule has 104 valence electrons. The number of piperazine rings is 1. The van der Waals surface area contributed by atoms with Crippen LogP contribution in [-0.2, 0) is 9.53 Å². The van der Waals surface area contributed by atoms with Crippen LogP contribution in [-0.4, -0.2) is 74.2 Å². The SMILES string of the molecule is CC1CC(NCC(=O)N2CCN(C)CC2)CCO1. The van der Waals surface area contributed by atoms with Gasteiger partial charge in [0.15, 0.2) is 0 Å². The number of hydrogen-bond acceptors (Lipinski definition) is 4. The van der Waals surface area contributed by atoms with E-state index < -0.39 is 0 Å². The third kappa shape index (κ3) is 3.93. The van der Waals surface area contributed by atoms with Crippen molar-refractivity contribution in [3.63, 3.8) is 0 Å². The van der Waals surface area contributed by atoms with E-state index in [1.54, 1.807) is 0 Å². The van der Waals surface area contributed by atoms with Crippen LogP contribution in [0.5, 0.6) is 0 Å². The first-order valence-electron chi connectivity index (χ1n) is 6.96. The Balaban J connectivity index is 1.68. The summed E-state index contributed by atoms with van der Waals surface area (Å²) in [4.78, 5) is 16.3. The number of amides is 1. The molecule has 2 rings (SSSR count). The third-order valence-electron chi connectivity index (χ3n) is 3.88. The molecule has 2 saturated heterocycles. The molecule has 1 N–H and O–H groups in total. The number of rotatable bonds is 3.